The average Bonchev–Trinajstić information content (AvgIpc) is 2.74. The minimum absolute atomic E-state index is 0.0900. The number of nitrogens with two attached hydrogens (primary N) is 1. The van der Waals surface area contributed by atoms with Gasteiger partial charge in [0.15, 0.2) is 0 Å². The number of carbonyl (C=O) groups excluding carboxylic acids is 2. The van der Waals surface area contributed by atoms with Gasteiger partial charge in [0.1, 0.15) is 0 Å². The predicted octanol–water partition coefficient (Wildman–Crippen LogP) is 0.138. The molecule has 2 amide bonds. The summed E-state index contributed by atoms with van der Waals surface area (Å²) in [7, 11) is 3.55. The molecule has 0 unspecified atom stereocenters. The van der Waals surface area contributed by atoms with E-state index < -0.39 is 5.91 Å². The second-order valence-corrected chi connectivity index (χ2v) is 4.31. The fourth-order valence-corrected chi connectivity index (χ4v) is 2.04. The quantitative estimate of drug-likeness (QED) is 0.770. The molecule has 1 aromatic rings. The van der Waals surface area contributed by atoms with Crippen LogP contribution in [0, 0.1) is 0 Å². The zero-order valence-electron chi connectivity index (χ0n) is 9.32. The largest absolute Gasteiger partial charge is 0.366 e. The van der Waals surface area contributed by atoms with Gasteiger partial charge in [0.2, 0.25) is 5.91 Å². The summed E-state index contributed by atoms with van der Waals surface area (Å²) in [5, 5.41) is 4.56. The molecule has 6 heteroatoms. The number of amides is 2. The lowest BCUT2D eigenvalue weighted by atomic mass is 10.3. The van der Waals surface area contributed by atoms with E-state index in [0.717, 1.165) is 6.54 Å². The summed E-state index contributed by atoms with van der Waals surface area (Å²) >= 11 is 1.24. The van der Waals surface area contributed by atoms with E-state index >= 15 is 0 Å². The lowest BCUT2D eigenvalue weighted by Gasteiger charge is -2.15. The smallest absolute Gasteiger partial charge is 0.263 e. The Hall–Kier alpha value is -1.40. The van der Waals surface area contributed by atoms with Crippen molar-refractivity contribution in [3.8, 4) is 0 Å². The van der Waals surface area contributed by atoms with Gasteiger partial charge in [-0.25, -0.2) is 0 Å². The molecule has 1 rings (SSSR count). The first kappa shape index (κ1) is 12.7. The summed E-state index contributed by atoms with van der Waals surface area (Å²) in [5.41, 5.74) is 5.50. The SMILES string of the molecule is CNCCN(C)C(=O)c1cc(C(N)=O)cs1. The molecule has 0 aliphatic rings. The van der Waals surface area contributed by atoms with E-state index in [2.05, 4.69) is 5.32 Å². The molecular weight excluding hydrogens is 226 g/mol. The van der Waals surface area contributed by atoms with Crippen LogP contribution in [0.1, 0.15) is 20.0 Å². The van der Waals surface area contributed by atoms with Crippen LogP contribution in [0.15, 0.2) is 11.4 Å². The maximum Gasteiger partial charge on any atom is 0.263 e. The Morgan fingerprint density at radius 1 is 1.56 bits per heavy atom. The molecule has 0 atom stereocenters. The van der Waals surface area contributed by atoms with Gasteiger partial charge in [-0.2, -0.15) is 0 Å². The molecule has 1 aromatic heterocycles. The second kappa shape index (κ2) is 5.62. The van der Waals surface area contributed by atoms with Crippen LogP contribution in [0.2, 0.25) is 0 Å². The van der Waals surface area contributed by atoms with Crippen LogP contribution in [0.5, 0.6) is 0 Å². The average molecular weight is 241 g/mol. The highest BCUT2D eigenvalue weighted by atomic mass is 32.1. The summed E-state index contributed by atoms with van der Waals surface area (Å²) in [5.74, 6) is -0.596. The Morgan fingerprint density at radius 2 is 2.25 bits per heavy atom. The first-order valence-electron chi connectivity index (χ1n) is 4.84. The molecule has 0 aliphatic heterocycles. The predicted molar refractivity (Wildman–Crippen MR) is 63.7 cm³/mol. The standard InChI is InChI=1S/C10H15N3O2S/c1-12-3-4-13(2)10(15)8-5-7(6-16-8)9(11)14/h5-6,12H,3-4H2,1-2H3,(H2,11,14). The summed E-state index contributed by atoms with van der Waals surface area (Å²) in [6.45, 7) is 1.36. The molecule has 0 aromatic carbocycles. The molecule has 3 N–H and O–H groups in total. The van der Waals surface area contributed by atoms with Crippen LogP contribution in [0.3, 0.4) is 0 Å². The lowest BCUT2D eigenvalue weighted by molar-refractivity contribution is 0.0801. The van der Waals surface area contributed by atoms with E-state index in [1.54, 1.807) is 17.3 Å². The number of hydrogen-bond acceptors (Lipinski definition) is 4. The van der Waals surface area contributed by atoms with Gasteiger partial charge in [-0.15, -0.1) is 11.3 Å². The minimum atomic E-state index is -0.506. The van der Waals surface area contributed by atoms with Gasteiger partial charge in [0.05, 0.1) is 10.4 Å². The van der Waals surface area contributed by atoms with Crippen molar-refractivity contribution in [3.63, 3.8) is 0 Å². The van der Waals surface area contributed by atoms with Crippen molar-refractivity contribution in [2.24, 2.45) is 5.73 Å². The van der Waals surface area contributed by atoms with Gasteiger partial charge in [-0.1, -0.05) is 0 Å². The Bertz CT molecular complexity index is 389. The molecule has 0 bridgehead atoms. The van der Waals surface area contributed by atoms with E-state index in [1.165, 1.54) is 17.4 Å². The van der Waals surface area contributed by atoms with Crippen LogP contribution in [0.25, 0.3) is 0 Å². The fourth-order valence-electron chi connectivity index (χ4n) is 1.15. The molecule has 0 spiro atoms. The molecule has 88 valence electrons. The minimum Gasteiger partial charge on any atom is -0.366 e. The number of primary amides is 1. The molecule has 0 aliphatic carbocycles. The first-order chi connectivity index (χ1) is 7.56. The highest BCUT2D eigenvalue weighted by Crippen LogP contribution is 2.15. The van der Waals surface area contributed by atoms with Crippen LogP contribution in [-0.2, 0) is 0 Å². The summed E-state index contributed by atoms with van der Waals surface area (Å²) in [4.78, 5) is 24.9. The number of nitrogens with zero attached hydrogens (tertiary/aromatic N) is 1. The van der Waals surface area contributed by atoms with Crippen LogP contribution in [-0.4, -0.2) is 43.9 Å². The van der Waals surface area contributed by atoms with E-state index in [-0.39, 0.29) is 5.91 Å². The van der Waals surface area contributed by atoms with Crippen molar-refractivity contribution < 1.29 is 9.59 Å². The molecule has 0 fully saturated rings. The van der Waals surface area contributed by atoms with Crippen LogP contribution >= 0.6 is 11.3 Å². The Balaban J connectivity index is 2.68. The Kier molecular flexibility index (Phi) is 4.45. The van der Waals surface area contributed by atoms with Gasteiger partial charge in [0, 0.05) is 25.5 Å². The van der Waals surface area contributed by atoms with Gasteiger partial charge in [-0.05, 0) is 13.1 Å². The van der Waals surface area contributed by atoms with Crippen molar-refractivity contribution in [1.82, 2.24) is 10.2 Å². The Morgan fingerprint density at radius 3 is 2.75 bits per heavy atom. The number of carbonyl (C=O) groups is 2. The molecule has 0 radical (unpaired) electrons. The topological polar surface area (TPSA) is 75.4 Å². The summed E-state index contributed by atoms with van der Waals surface area (Å²) < 4.78 is 0. The number of nitrogens with one attached hydrogen (secondary N) is 1. The number of thiophene rings is 1. The first-order valence-corrected chi connectivity index (χ1v) is 5.72. The highest BCUT2D eigenvalue weighted by Gasteiger charge is 2.15. The zero-order chi connectivity index (χ0) is 12.1. The van der Waals surface area contributed by atoms with Crippen LogP contribution < -0.4 is 11.1 Å². The molecule has 5 nitrogen and oxygen atoms in total. The normalized spacial score (nSPS) is 10.1. The monoisotopic (exact) mass is 241 g/mol. The zero-order valence-corrected chi connectivity index (χ0v) is 10.1. The van der Waals surface area contributed by atoms with Crippen molar-refractivity contribution in [3.05, 3.63) is 21.9 Å². The molecular formula is C10H15N3O2S. The van der Waals surface area contributed by atoms with Gasteiger partial charge in [0.25, 0.3) is 5.91 Å². The van der Waals surface area contributed by atoms with Gasteiger partial charge in [-0.3, -0.25) is 9.59 Å². The molecule has 0 saturated heterocycles. The maximum absolute atomic E-state index is 11.8. The Labute approximate surface area is 98.2 Å². The second-order valence-electron chi connectivity index (χ2n) is 3.39. The third kappa shape index (κ3) is 3.04. The molecule has 0 saturated carbocycles. The van der Waals surface area contributed by atoms with Gasteiger partial charge >= 0.3 is 0 Å². The number of hydrogen-bond donors (Lipinski definition) is 2. The van der Waals surface area contributed by atoms with Crippen LogP contribution in [0.4, 0.5) is 0 Å². The van der Waals surface area contributed by atoms with E-state index in [4.69, 9.17) is 5.73 Å². The van der Waals surface area contributed by atoms with E-state index in [0.29, 0.717) is 17.0 Å². The summed E-state index contributed by atoms with van der Waals surface area (Å²) in [6, 6.07) is 1.53. The van der Waals surface area contributed by atoms with Crippen molar-refractivity contribution in [2.75, 3.05) is 27.2 Å². The molecule has 1 heterocycles. The third-order valence-corrected chi connectivity index (χ3v) is 3.06. The number of rotatable bonds is 5. The van der Waals surface area contributed by atoms with Crippen molar-refractivity contribution in [2.45, 2.75) is 0 Å². The fraction of sp³-hybridized carbons (Fsp3) is 0.400. The highest BCUT2D eigenvalue weighted by molar-refractivity contribution is 7.12. The van der Waals surface area contributed by atoms with E-state index in [9.17, 15) is 9.59 Å². The lowest BCUT2D eigenvalue weighted by Crippen LogP contribution is -2.32. The van der Waals surface area contributed by atoms with Crippen molar-refractivity contribution in [1.29, 1.82) is 0 Å². The van der Waals surface area contributed by atoms with Gasteiger partial charge < -0.3 is 16.0 Å². The third-order valence-electron chi connectivity index (χ3n) is 2.14. The molecule has 16 heavy (non-hydrogen) atoms. The maximum atomic E-state index is 11.8. The van der Waals surface area contributed by atoms with E-state index in [1.807, 2.05) is 7.05 Å². The summed E-state index contributed by atoms with van der Waals surface area (Å²) in [6.07, 6.45) is 0. The van der Waals surface area contributed by atoms with Crippen molar-refractivity contribution >= 4 is 23.2 Å². The number of likely N-dealkylation sites (N-methyl/N-ethyl adjacent to an activating group) is 2.